The normalized spacial score (nSPS) is 11.2. The number of nitrogens with two attached hydrogens (primary N) is 1. The first-order chi connectivity index (χ1) is 10.1. The highest BCUT2D eigenvalue weighted by Crippen LogP contribution is 2.34. The zero-order valence-corrected chi connectivity index (χ0v) is 10.9. The summed E-state index contributed by atoms with van der Waals surface area (Å²) in [7, 11) is 0. The molecule has 106 valence electrons. The van der Waals surface area contributed by atoms with Crippen molar-refractivity contribution in [2.75, 3.05) is 5.73 Å². The zero-order chi connectivity index (χ0) is 15.0. The van der Waals surface area contributed by atoms with E-state index in [0.717, 1.165) is 0 Å². The van der Waals surface area contributed by atoms with Crippen molar-refractivity contribution in [1.29, 1.82) is 0 Å². The van der Waals surface area contributed by atoms with Gasteiger partial charge in [0.25, 0.3) is 6.43 Å². The lowest BCUT2D eigenvalue weighted by atomic mass is 9.99. The van der Waals surface area contributed by atoms with Crippen LogP contribution in [0, 0.1) is 0 Å². The number of carbonyl (C=O) groups is 1. The van der Waals surface area contributed by atoms with E-state index in [-0.39, 0.29) is 28.1 Å². The smallest absolute Gasteiger partial charge is 0.264 e. The Morgan fingerprint density at radius 3 is 2.43 bits per heavy atom. The number of carbonyl (C=O) groups excluding carboxylic acids is 1. The van der Waals surface area contributed by atoms with E-state index in [1.54, 1.807) is 36.4 Å². The van der Waals surface area contributed by atoms with E-state index in [1.807, 2.05) is 0 Å². The number of aromatic amines is 1. The lowest BCUT2D eigenvalue weighted by Gasteiger charge is -2.05. The molecule has 0 unspecified atom stereocenters. The summed E-state index contributed by atoms with van der Waals surface area (Å²) in [6.45, 7) is 0. The first-order valence-electron chi connectivity index (χ1n) is 6.37. The second kappa shape index (κ2) is 5.01. The van der Waals surface area contributed by atoms with Crippen LogP contribution < -0.4 is 5.73 Å². The minimum absolute atomic E-state index is 0.104. The highest BCUT2D eigenvalue weighted by atomic mass is 19.3. The third-order valence-corrected chi connectivity index (χ3v) is 3.38. The van der Waals surface area contributed by atoms with E-state index in [0.29, 0.717) is 11.1 Å². The standard InChI is InChI=1S/C16H12F2N2O/c17-15(18)10-7-4-8-11-12(10)13(16(19)20-11)14(21)9-5-2-1-3-6-9/h1-8,15,20H,19H2. The van der Waals surface area contributed by atoms with Crippen LogP contribution in [0.1, 0.15) is 27.9 Å². The first kappa shape index (κ1) is 13.3. The molecule has 0 aliphatic carbocycles. The average Bonchev–Trinajstić information content (AvgIpc) is 2.83. The Hall–Kier alpha value is -2.69. The molecule has 0 atom stereocenters. The SMILES string of the molecule is Nc1[nH]c2cccc(C(F)F)c2c1C(=O)c1ccccc1. The van der Waals surface area contributed by atoms with Gasteiger partial charge in [-0.25, -0.2) is 8.78 Å². The molecule has 3 nitrogen and oxygen atoms in total. The molecule has 3 aromatic rings. The second-order valence-corrected chi connectivity index (χ2v) is 4.68. The van der Waals surface area contributed by atoms with Gasteiger partial charge >= 0.3 is 0 Å². The Labute approximate surface area is 119 Å². The summed E-state index contributed by atoms with van der Waals surface area (Å²) in [6, 6.07) is 12.9. The maximum absolute atomic E-state index is 13.2. The van der Waals surface area contributed by atoms with Gasteiger partial charge < -0.3 is 10.7 Å². The molecule has 5 heteroatoms. The molecule has 0 amide bonds. The highest BCUT2D eigenvalue weighted by molar-refractivity contribution is 6.20. The van der Waals surface area contributed by atoms with Crippen LogP contribution >= 0.6 is 0 Å². The van der Waals surface area contributed by atoms with E-state index in [2.05, 4.69) is 4.98 Å². The Kier molecular flexibility index (Phi) is 3.17. The maximum atomic E-state index is 13.2. The quantitative estimate of drug-likeness (QED) is 0.717. The molecular weight excluding hydrogens is 274 g/mol. The van der Waals surface area contributed by atoms with Crippen LogP contribution in [-0.2, 0) is 0 Å². The number of hydrogen-bond donors (Lipinski definition) is 2. The van der Waals surface area contributed by atoms with Gasteiger partial charge in [0.15, 0.2) is 5.78 Å². The Morgan fingerprint density at radius 1 is 1.05 bits per heavy atom. The molecule has 21 heavy (non-hydrogen) atoms. The van der Waals surface area contributed by atoms with E-state index in [9.17, 15) is 13.6 Å². The number of hydrogen-bond acceptors (Lipinski definition) is 2. The fourth-order valence-electron chi connectivity index (χ4n) is 2.45. The third kappa shape index (κ3) is 2.16. The number of alkyl halides is 2. The van der Waals surface area contributed by atoms with Crippen molar-refractivity contribution in [2.24, 2.45) is 0 Å². The van der Waals surface area contributed by atoms with Crippen molar-refractivity contribution in [3.63, 3.8) is 0 Å². The topological polar surface area (TPSA) is 58.9 Å². The van der Waals surface area contributed by atoms with Gasteiger partial charge in [0.1, 0.15) is 5.82 Å². The summed E-state index contributed by atoms with van der Waals surface area (Å²) in [4.78, 5) is 15.4. The molecule has 1 heterocycles. The Morgan fingerprint density at radius 2 is 1.76 bits per heavy atom. The Balaban J connectivity index is 2.27. The molecule has 2 aromatic carbocycles. The second-order valence-electron chi connectivity index (χ2n) is 4.68. The number of H-pyrrole nitrogens is 1. The number of anilines is 1. The van der Waals surface area contributed by atoms with Crippen LogP contribution in [-0.4, -0.2) is 10.8 Å². The summed E-state index contributed by atoms with van der Waals surface area (Å²) in [5, 5.41) is 0.193. The minimum atomic E-state index is -2.67. The lowest BCUT2D eigenvalue weighted by molar-refractivity contribution is 0.104. The summed E-state index contributed by atoms with van der Waals surface area (Å²) < 4.78 is 26.4. The fraction of sp³-hybridized carbons (Fsp3) is 0.0625. The van der Waals surface area contributed by atoms with Gasteiger partial charge in [0.05, 0.1) is 5.56 Å². The number of fused-ring (bicyclic) bond motifs is 1. The number of rotatable bonds is 3. The number of aromatic nitrogens is 1. The molecule has 0 aliphatic rings. The van der Waals surface area contributed by atoms with Crippen LogP contribution in [0.2, 0.25) is 0 Å². The van der Waals surface area contributed by atoms with Crippen molar-refractivity contribution in [3.8, 4) is 0 Å². The largest absolute Gasteiger partial charge is 0.385 e. The minimum Gasteiger partial charge on any atom is -0.385 e. The highest BCUT2D eigenvalue weighted by Gasteiger charge is 2.23. The summed E-state index contributed by atoms with van der Waals surface area (Å²) >= 11 is 0. The molecule has 0 saturated heterocycles. The fourth-order valence-corrected chi connectivity index (χ4v) is 2.45. The van der Waals surface area contributed by atoms with Crippen molar-refractivity contribution < 1.29 is 13.6 Å². The number of benzene rings is 2. The molecule has 3 N–H and O–H groups in total. The molecule has 0 fully saturated rings. The van der Waals surface area contributed by atoms with Crippen LogP contribution in [0.25, 0.3) is 10.9 Å². The number of nitrogens with one attached hydrogen (secondary N) is 1. The molecule has 3 rings (SSSR count). The van der Waals surface area contributed by atoms with E-state index in [1.165, 1.54) is 12.1 Å². The van der Waals surface area contributed by atoms with Crippen LogP contribution in [0.15, 0.2) is 48.5 Å². The first-order valence-corrected chi connectivity index (χ1v) is 6.37. The van der Waals surface area contributed by atoms with Crippen molar-refractivity contribution in [1.82, 2.24) is 4.98 Å². The number of ketones is 1. The van der Waals surface area contributed by atoms with Gasteiger partial charge in [-0.1, -0.05) is 42.5 Å². The van der Waals surface area contributed by atoms with E-state index < -0.39 is 6.43 Å². The predicted octanol–water partition coefficient (Wildman–Crippen LogP) is 3.92. The van der Waals surface area contributed by atoms with Crippen LogP contribution in [0.5, 0.6) is 0 Å². The molecule has 1 aromatic heterocycles. The van der Waals surface area contributed by atoms with Gasteiger partial charge in [-0.2, -0.15) is 0 Å². The maximum Gasteiger partial charge on any atom is 0.264 e. The summed E-state index contributed by atoms with van der Waals surface area (Å²) in [6.07, 6.45) is -2.67. The zero-order valence-electron chi connectivity index (χ0n) is 10.9. The van der Waals surface area contributed by atoms with Crippen molar-refractivity contribution in [3.05, 3.63) is 65.2 Å². The number of nitrogen functional groups attached to an aromatic ring is 1. The van der Waals surface area contributed by atoms with E-state index >= 15 is 0 Å². The monoisotopic (exact) mass is 286 g/mol. The predicted molar refractivity (Wildman–Crippen MR) is 77.5 cm³/mol. The van der Waals surface area contributed by atoms with Gasteiger partial charge in [0, 0.05) is 22.0 Å². The van der Waals surface area contributed by atoms with Crippen molar-refractivity contribution in [2.45, 2.75) is 6.43 Å². The van der Waals surface area contributed by atoms with Gasteiger partial charge in [-0.05, 0) is 6.07 Å². The molecule has 0 saturated carbocycles. The average molecular weight is 286 g/mol. The Bertz CT molecular complexity index is 810. The van der Waals surface area contributed by atoms with Gasteiger partial charge in [-0.3, -0.25) is 4.79 Å². The van der Waals surface area contributed by atoms with Crippen LogP contribution in [0.3, 0.4) is 0 Å². The third-order valence-electron chi connectivity index (χ3n) is 3.38. The lowest BCUT2D eigenvalue weighted by Crippen LogP contribution is -2.04. The van der Waals surface area contributed by atoms with Crippen LogP contribution in [0.4, 0.5) is 14.6 Å². The van der Waals surface area contributed by atoms with Gasteiger partial charge in [-0.15, -0.1) is 0 Å². The molecule has 0 aliphatic heterocycles. The van der Waals surface area contributed by atoms with E-state index in [4.69, 9.17) is 5.73 Å². The number of halogens is 2. The molecule has 0 radical (unpaired) electrons. The van der Waals surface area contributed by atoms with Crippen molar-refractivity contribution >= 4 is 22.5 Å². The molecule has 0 bridgehead atoms. The summed E-state index contributed by atoms with van der Waals surface area (Å²) in [5.74, 6) is -0.264. The van der Waals surface area contributed by atoms with Gasteiger partial charge in [0.2, 0.25) is 0 Å². The molecule has 0 spiro atoms. The molecular formula is C16H12F2N2O. The summed E-state index contributed by atoms with van der Waals surface area (Å²) in [5.41, 5.74) is 6.59.